The van der Waals surface area contributed by atoms with E-state index in [1.165, 1.54) is 24.3 Å². The van der Waals surface area contributed by atoms with Gasteiger partial charge in [-0.1, -0.05) is 6.42 Å². The second kappa shape index (κ2) is 9.72. The summed E-state index contributed by atoms with van der Waals surface area (Å²) < 4.78 is 24.5. The van der Waals surface area contributed by atoms with Crippen LogP contribution in [0.5, 0.6) is 5.75 Å². The molecule has 2 aliphatic rings. The van der Waals surface area contributed by atoms with Crippen LogP contribution in [0.2, 0.25) is 0 Å². The highest BCUT2D eigenvalue weighted by Crippen LogP contribution is 2.38. The summed E-state index contributed by atoms with van der Waals surface area (Å²) in [5, 5.41) is 8.42. The molecule has 0 radical (unpaired) electrons. The number of likely N-dealkylation sites (N-methyl/N-ethyl adjacent to an activating group) is 1. The third-order valence-corrected chi connectivity index (χ3v) is 6.18. The predicted octanol–water partition coefficient (Wildman–Crippen LogP) is 3.24. The first-order valence-corrected chi connectivity index (χ1v) is 11.2. The summed E-state index contributed by atoms with van der Waals surface area (Å²) in [6.45, 7) is 2.19. The molecule has 10 heteroatoms. The molecule has 2 heterocycles. The maximum absolute atomic E-state index is 13.1. The SMILES string of the molecule is Cc1nc(/C(N)=C(\CNc2noc(C3CC(F)C3)n2)N(C)N)ccc1OC1CCCCC1. The molecular weight excluding hydrogens is 413 g/mol. The van der Waals surface area contributed by atoms with Gasteiger partial charge in [0, 0.05) is 13.0 Å². The van der Waals surface area contributed by atoms with Gasteiger partial charge >= 0.3 is 0 Å². The Kier molecular flexibility index (Phi) is 6.78. The molecule has 0 aliphatic heterocycles. The summed E-state index contributed by atoms with van der Waals surface area (Å²) in [5.74, 6) is 7.58. The van der Waals surface area contributed by atoms with E-state index in [1.54, 1.807) is 7.05 Å². The quantitative estimate of drug-likeness (QED) is 0.414. The molecule has 9 nitrogen and oxygen atoms in total. The van der Waals surface area contributed by atoms with E-state index in [4.69, 9.17) is 20.8 Å². The van der Waals surface area contributed by atoms with Crippen molar-refractivity contribution < 1.29 is 13.7 Å². The standard InChI is InChI=1S/C22H32FN7O2/c1-13-19(31-16-6-4-3-5-7-16)9-8-17(27-13)20(24)18(30(2)25)12-26-22-28-21(32-29-22)14-10-15(23)11-14/h8-9,14-16H,3-7,10-12,24-25H2,1-2H3,(H,26,29)/b20-18-. The molecular formula is C22H32FN7O2. The number of nitrogens with zero attached hydrogens (tertiary/aromatic N) is 4. The summed E-state index contributed by atoms with van der Waals surface area (Å²) in [6, 6.07) is 3.77. The van der Waals surface area contributed by atoms with Gasteiger partial charge in [0.15, 0.2) is 0 Å². The molecule has 0 spiro atoms. The number of rotatable bonds is 8. The van der Waals surface area contributed by atoms with E-state index in [0.29, 0.717) is 41.8 Å². The lowest BCUT2D eigenvalue weighted by Gasteiger charge is -2.25. The van der Waals surface area contributed by atoms with Gasteiger partial charge in [-0.05, 0) is 62.7 Å². The number of nitrogens with two attached hydrogens (primary N) is 2. The van der Waals surface area contributed by atoms with E-state index >= 15 is 0 Å². The van der Waals surface area contributed by atoms with Crippen LogP contribution in [0, 0.1) is 6.92 Å². The predicted molar refractivity (Wildman–Crippen MR) is 119 cm³/mol. The fourth-order valence-corrected chi connectivity index (χ4v) is 4.13. The van der Waals surface area contributed by atoms with Crippen molar-refractivity contribution in [3.8, 4) is 5.75 Å². The Labute approximate surface area is 187 Å². The Bertz CT molecular complexity index is 950. The number of hydrogen-bond donors (Lipinski definition) is 3. The van der Waals surface area contributed by atoms with Crippen molar-refractivity contribution in [3.05, 3.63) is 35.1 Å². The number of ether oxygens (including phenoxy) is 1. The van der Waals surface area contributed by atoms with Crippen LogP contribution in [0.1, 0.15) is 68.1 Å². The first-order chi connectivity index (χ1) is 15.4. The van der Waals surface area contributed by atoms with E-state index in [9.17, 15) is 4.39 Å². The number of anilines is 1. The van der Waals surface area contributed by atoms with Crippen LogP contribution in [0.3, 0.4) is 0 Å². The molecule has 174 valence electrons. The number of nitrogens with one attached hydrogen (secondary N) is 1. The maximum Gasteiger partial charge on any atom is 0.263 e. The second-order valence-electron chi connectivity index (χ2n) is 8.70. The van der Waals surface area contributed by atoms with Crippen LogP contribution in [-0.4, -0.2) is 46.0 Å². The fraction of sp³-hybridized carbons (Fsp3) is 0.591. The summed E-state index contributed by atoms with van der Waals surface area (Å²) in [4.78, 5) is 8.95. The van der Waals surface area contributed by atoms with E-state index in [2.05, 4.69) is 20.4 Å². The zero-order valence-electron chi connectivity index (χ0n) is 18.7. The van der Waals surface area contributed by atoms with Gasteiger partial charge in [-0.15, -0.1) is 0 Å². The molecule has 2 fully saturated rings. The lowest BCUT2D eigenvalue weighted by atomic mass is 9.83. The molecule has 0 unspecified atom stereocenters. The third-order valence-electron chi connectivity index (χ3n) is 6.18. The van der Waals surface area contributed by atoms with E-state index in [-0.39, 0.29) is 18.6 Å². The lowest BCUT2D eigenvalue weighted by Crippen LogP contribution is -2.32. The summed E-state index contributed by atoms with van der Waals surface area (Å²) >= 11 is 0. The number of pyridine rings is 1. The smallest absolute Gasteiger partial charge is 0.263 e. The molecule has 0 bridgehead atoms. The first-order valence-electron chi connectivity index (χ1n) is 11.2. The van der Waals surface area contributed by atoms with Gasteiger partial charge in [0.1, 0.15) is 11.9 Å². The minimum absolute atomic E-state index is 0.00756. The average Bonchev–Trinajstić information content (AvgIpc) is 3.22. The number of hydrazine groups is 1. The van der Waals surface area contributed by atoms with Crippen LogP contribution in [0.25, 0.3) is 5.70 Å². The third kappa shape index (κ3) is 5.12. The zero-order chi connectivity index (χ0) is 22.7. The molecule has 0 saturated heterocycles. The van der Waals surface area contributed by atoms with Crippen LogP contribution >= 0.6 is 0 Å². The number of halogens is 1. The van der Waals surface area contributed by atoms with Gasteiger partial charge in [0.2, 0.25) is 5.89 Å². The maximum atomic E-state index is 13.1. The van der Waals surface area contributed by atoms with Gasteiger partial charge < -0.3 is 25.3 Å². The van der Waals surface area contributed by atoms with E-state index in [0.717, 1.165) is 24.3 Å². The number of aryl methyl sites for hydroxylation is 1. The van der Waals surface area contributed by atoms with Crippen LogP contribution in [0.15, 0.2) is 22.4 Å². The second-order valence-corrected chi connectivity index (χ2v) is 8.70. The molecule has 2 aliphatic carbocycles. The molecule has 0 aromatic carbocycles. The van der Waals surface area contributed by atoms with E-state index in [1.807, 2.05) is 19.1 Å². The summed E-state index contributed by atoms with van der Waals surface area (Å²) in [5.41, 5.74) is 8.88. The van der Waals surface area contributed by atoms with Gasteiger partial charge in [0.05, 0.1) is 35.4 Å². The average molecular weight is 446 g/mol. The van der Waals surface area contributed by atoms with Gasteiger partial charge in [-0.3, -0.25) is 0 Å². The summed E-state index contributed by atoms with van der Waals surface area (Å²) in [6.07, 6.45) is 6.21. The molecule has 2 saturated carbocycles. The van der Waals surface area contributed by atoms with Gasteiger partial charge in [0.25, 0.3) is 5.95 Å². The minimum atomic E-state index is -0.779. The fourth-order valence-electron chi connectivity index (χ4n) is 4.13. The van der Waals surface area contributed by atoms with Crippen molar-refractivity contribution in [2.45, 2.75) is 70.1 Å². The highest BCUT2D eigenvalue weighted by Gasteiger charge is 2.34. The zero-order valence-corrected chi connectivity index (χ0v) is 18.7. The van der Waals surface area contributed by atoms with Crippen molar-refractivity contribution in [2.75, 3.05) is 18.9 Å². The van der Waals surface area contributed by atoms with Gasteiger partial charge in [-0.25, -0.2) is 15.2 Å². The van der Waals surface area contributed by atoms with Crippen LogP contribution in [-0.2, 0) is 0 Å². The first kappa shape index (κ1) is 22.3. The Balaban J connectivity index is 1.43. The Hall–Kier alpha value is -2.88. The van der Waals surface area contributed by atoms with Crippen molar-refractivity contribution >= 4 is 11.6 Å². The molecule has 0 atom stereocenters. The lowest BCUT2D eigenvalue weighted by molar-refractivity contribution is 0.153. The van der Waals surface area contributed by atoms with E-state index < -0.39 is 6.17 Å². The summed E-state index contributed by atoms with van der Waals surface area (Å²) in [7, 11) is 1.70. The molecule has 32 heavy (non-hydrogen) atoms. The molecule has 5 N–H and O–H groups in total. The highest BCUT2D eigenvalue weighted by molar-refractivity contribution is 5.64. The van der Waals surface area contributed by atoms with Crippen molar-refractivity contribution in [1.82, 2.24) is 20.1 Å². The van der Waals surface area contributed by atoms with Crippen LogP contribution in [0.4, 0.5) is 10.3 Å². The molecule has 0 amide bonds. The molecule has 2 aromatic rings. The van der Waals surface area contributed by atoms with Crippen molar-refractivity contribution in [2.24, 2.45) is 11.6 Å². The Morgan fingerprint density at radius 1 is 1.25 bits per heavy atom. The number of hydrogen-bond acceptors (Lipinski definition) is 9. The normalized spacial score (nSPS) is 22.1. The molecule has 4 rings (SSSR count). The Morgan fingerprint density at radius 3 is 2.66 bits per heavy atom. The van der Waals surface area contributed by atoms with Crippen molar-refractivity contribution in [3.63, 3.8) is 0 Å². The number of aromatic nitrogens is 3. The highest BCUT2D eigenvalue weighted by atomic mass is 19.1. The van der Waals surface area contributed by atoms with Gasteiger partial charge in [-0.2, -0.15) is 4.98 Å². The minimum Gasteiger partial charge on any atom is -0.489 e. The monoisotopic (exact) mass is 445 g/mol. The largest absolute Gasteiger partial charge is 0.489 e. The Morgan fingerprint density at radius 2 is 2.00 bits per heavy atom. The van der Waals surface area contributed by atoms with Crippen molar-refractivity contribution in [1.29, 1.82) is 0 Å². The van der Waals surface area contributed by atoms with Crippen LogP contribution < -0.4 is 21.6 Å². The topological polar surface area (TPSA) is 128 Å². The molecule has 2 aromatic heterocycles. The number of alkyl halides is 1.